The summed E-state index contributed by atoms with van der Waals surface area (Å²) in [4.78, 5) is 12.7. The van der Waals surface area contributed by atoms with Crippen LogP contribution in [0.1, 0.15) is 37.3 Å². The Bertz CT molecular complexity index is 965. The second-order valence-electron chi connectivity index (χ2n) is 7.51. The highest BCUT2D eigenvalue weighted by molar-refractivity contribution is 7.89. The predicted molar refractivity (Wildman–Crippen MR) is 114 cm³/mol. The van der Waals surface area contributed by atoms with E-state index in [0.717, 1.165) is 30.4 Å². The second-order valence-corrected chi connectivity index (χ2v) is 9.45. The van der Waals surface area contributed by atoms with Crippen LogP contribution >= 0.6 is 0 Å². The van der Waals surface area contributed by atoms with Crippen molar-refractivity contribution in [3.63, 3.8) is 0 Å². The molecule has 1 unspecified atom stereocenters. The van der Waals surface area contributed by atoms with E-state index in [0.29, 0.717) is 24.5 Å². The fraction of sp³-hybridized carbons (Fsp3) is 0.409. The molecule has 2 aromatic rings. The van der Waals surface area contributed by atoms with Crippen molar-refractivity contribution in [3.05, 3.63) is 53.6 Å². The highest BCUT2D eigenvalue weighted by atomic mass is 32.2. The molecule has 6 nitrogen and oxygen atoms in total. The molecule has 1 fully saturated rings. The summed E-state index contributed by atoms with van der Waals surface area (Å²) in [5, 5.41) is 2.78. The quantitative estimate of drug-likeness (QED) is 0.775. The molecule has 0 aliphatic carbocycles. The summed E-state index contributed by atoms with van der Waals surface area (Å²) in [5.74, 6) is 0.383. The second kappa shape index (κ2) is 8.97. The lowest BCUT2D eigenvalue weighted by Gasteiger charge is -2.25. The Kier molecular flexibility index (Phi) is 6.59. The average Bonchev–Trinajstić information content (AvgIpc) is 2.71. The molecule has 1 amide bonds. The molecule has 0 bridgehead atoms. The largest absolute Gasteiger partial charge is 0.481 e. The number of hydrogen-bond acceptors (Lipinski definition) is 4. The molecule has 0 radical (unpaired) electrons. The topological polar surface area (TPSA) is 75.7 Å². The van der Waals surface area contributed by atoms with Gasteiger partial charge in [-0.3, -0.25) is 4.79 Å². The zero-order valence-corrected chi connectivity index (χ0v) is 18.0. The van der Waals surface area contributed by atoms with Crippen LogP contribution in [0.15, 0.2) is 47.4 Å². The van der Waals surface area contributed by atoms with Crippen molar-refractivity contribution in [2.24, 2.45) is 0 Å². The number of benzene rings is 2. The Labute approximate surface area is 172 Å². The Morgan fingerprint density at radius 1 is 1.03 bits per heavy atom. The van der Waals surface area contributed by atoms with Crippen LogP contribution in [0.25, 0.3) is 0 Å². The first-order valence-electron chi connectivity index (χ1n) is 9.92. The number of aryl methyl sites for hydroxylation is 2. The van der Waals surface area contributed by atoms with Crippen molar-refractivity contribution in [3.8, 4) is 5.75 Å². The van der Waals surface area contributed by atoms with Crippen molar-refractivity contribution >= 4 is 21.6 Å². The van der Waals surface area contributed by atoms with Crippen molar-refractivity contribution < 1.29 is 17.9 Å². The third kappa shape index (κ3) is 5.16. The van der Waals surface area contributed by atoms with E-state index in [4.69, 9.17) is 4.74 Å². The fourth-order valence-electron chi connectivity index (χ4n) is 3.29. The summed E-state index contributed by atoms with van der Waals surface area (Å²) in [7, 11) is -3.48. The molecule has 2 aromatic carbocycles. The smallest absolute Gasteiger partial charge is 0.265 e. The minimum absolute atomic E-state index is 0.247. The monoisotopic (exact) mass is 416 g/mol. The van der Waals surface area contributed by atoms with E-state index in [9.17, 15) is 13.2 Å². The first-order chi connectivity index (χ1) is 13.8. The van der Waals surface area contributed by atoms with Gasteiger partial charge in [0.25, 0.3) is 5.91 Å². The third-order valence-electron chi connectivity index (χ3n) is 5.09. The zero-order valence-electron chi connectivity index (χ0n) is 17.1. The van der Waals surface area contributed by atoms with E-state index in [1.807, 2.05) is 32.0 Å². The zero-order chi connectivity index (χ0) is 21.0. The van der Waals surface area contributed by atoms with Gasteiger partial charge in [0.05, 0.1) is 4.90 Å². The summed E-state index contributed by atoms with van der Waals surface area (Å²) in [6, 6.07) is 12.1. The molecule has 0 spiro atoms. The van der Waals surface area contributed by atoms with Gasteiger partial charge in [-0.2, -0.15) is 4.31 Å². The number of hydrogen-bond donors (Lipinski definition) is 1. The minimum Gasteiger partial charge on any atom is -0.481 e. The van der Waals surface area contributed by atoms with Crippen LogP contribution < -0.4 is 10.1 Å². The van der Waals surface area contributed by atoms with Gasteiger partial charge < -0.3 is 10.1 Å². The van der Waals surface area contributed by atoms with Crippen LogP contribution in [0.5, 0.6) is 5.75 Å². The van der Waals surface area contributed by atoms with Crippen molar-refractivity contribution in [2.45, 2.75) is 51.0 Å². The van der Waals surface area contributed by atoms with Gasteiger partial charge in [0.1, 0.15) is 5.75 Å². The number of amides is 1. The number of nitrogens with zero attached hydrogens (tertiary/aromatic N) is 1. The molecular weight excluding hydrogens is 388 g/mol. The van der Waals surface area contributed by atoms with E-state index < -0.39 is 16.1 Å². The number of anilines is 1. The lowest BCUT2D eigenvalue weighted by molar-refractivity contribution is -0.122. The summed E-state index contributed by atoms with van der Waals surface area (Å²) in [6.45, 7) is 6.71. The molecule has 1 N–H and O–H groups in total. The van der Waals surface area contributed by atoms with Gasteiger partial charge in [-0.1, -0.05) is 18.6 Å². The Balaban J connectivity index is 1.64. The van der Waals surface area contributed by atoms with Crippen molar-refractivity contribution in [1.29, 1.82) is 0 Å². The highest BCUT2D eigenvalue weighted by Gasteiger charge is 2.26. The van der Waals surface area contributed by atoms with Gasteiger partial charge in [-0.15, -0.1) is 0 Å². The molecular formula is C22H28N2O4S. The third-order valence-corrected chi connectivity index (χ3v) is 7.00. The number of carbonyl (C=O) groups excluding carboxylic acids is 1. The molecule has 156 valence electrons. The van der Waals surface area contributed by atoms with Crippen LogP contribution in [-0.2, 0) is 14.8 Å². The molecule has 7 heteroatoms. The molecule has 1 saturated heterocycles. The Morgan fingerprint density at radius 3 is 2.34 bits per heavy atom. The van der Waals surface area contributed by atoms with E-state index in [2.05, 4.69) is 5.32 Å². The lowest BCUT2D eigenvalue weighted by Crippen LogP contribution is -2.35. The summed E-state index contributed by atoms with van der Waals surface area (Å²) in [6.07, 6.45) is 2.17. The molecule has 0 aromatic heterocycles. The summed E-state index contributed by atoms with van der Waals surface area (Å²) >= 11 is 0. The molecule has 1 aliphatic heterocycles. The van der Waals surface area contributed by atoms with Crippen LogP contribution in [0.4, 0.5) is 5.69 Å². The molecule has 1 atom stereocenters. The highest BCUT2D eigenvalue weighted by Crippen LogP contribution is 2.23. The normalized spacial score (nSPS) is 16.2. The molecule has 1 heterocycles. The van der Waals surface area contributed by atoms with Gasteiger partial charge in [0.15, 0.2) is 6.10 Å². The van der Waals surface area contributed by atoms with Crippen LogP contribution in [0.2, 0.25) is 0 Å². The fourth-order valence-corrected chi connectivity index (χ4v) is 4.80. The average molecular weight is 417 g/mol. The maximum atomic E-state index is 12.7. The minimum atomic E-state index is -3.48. The van der Waals surface area contributed by atoms with E-state index in [1.165, 1.54) is 16.4 Å². The Morgan fingerprint density at radius 2 is 1.69 bits per heavy atom. The first kappa shape index (κ1) is 21.3. The van der Waals surface area contributed by atoms with Crippen LogP contribution in [0.3, 0.4) is 0 Å². The van der Waals surface area contributed by atoms with Gasteiger partial charge in [0.2, 0.25) is 10.0 Å². The number of nitrogens with one attached hydrogen (secondary N) is 1. The number of rotatable bonds is 6. The van der Waals surface area contributed by atoms with Gasteiger partial charge in [-0.05, 0) is 75.1 Å². The van der Waals surface area contributed by atoms with Gasteiger partial charge >= 0.3 is 0 Å². The summed E-state index contributed by atoms with van der Waals surface area (Å²) < 4.78 is 32.8. The number of carbonyl (C=O) groups is 1. The number of piperidine rings is 1. The molecule has 1 aliphatic rings. The molecule has 0 saturated carbocycles. The van der Waals surface area contributed by atoms with Crippen molar-refractivity contribution in [2.75, 3.05) is 18.4 Å². The SMILES string of the molecule is Cc1ccc(C)c(OC(C)C(=O)Nc2ccc(S(=O)(=O)N3CCCCC3)cc2)c1. The van der Waals surface area contributed by atoms with Gasteiger partial charge in [-0.25, -0.2) is 8.42 Å². The molecule has 29 heavy (non-hydrogen) atoms. The van der Waals surface area contributed by atoms with E-state index in [-0.39, 0.29) is 10.8 Å². The number of ether oxygens (including phenoxy) is 1. The van der Waals surface area contributed by atoms with Crippen molar-refractivity contribution in [1.82, 2.24) is 4.31 Å². The van der Waals surface area contributed by atoms with E-state index >= 15 is 0 Å². The Hall–Kier alpha value is -2.38. The summed E-state index contributed by atoms with van der Waals surface area (Å²) in [5.41, 5.74) is 2.55. The predicted octanol–water partition coefficient (Wildman–Crippen LogP) is 3.88. The lowest BCUT2D eigenvalue weighted by atomic mass is 10.1. The van der Waals surface area contributed by atoms with Crippen LogP contribution in [0, 0.1) is 13.8 Å². The standard InChI is InChI=1S/C22H28N2O4S/c1-16-7-8-17(2)21(15-16)28-18(3)22(25)23-19-9-11-20(12-10-19)29(26,27)24-13-5-4-6-14-24/h7-12,15,18H,4-6,13-14H2,1-3H3,(H,23,25). The van der Waals surface area contributed by atoms with Crippen LogP contribution in [-0.4, -0.2) is 37.8 Å². The maximum absolute atomic E-state index is 12.7. The van der Waals surface area contributed by atoms with Gasteiger partial charge in [0, 0.05) is 18.8 Å². The maximum Gasteiger partial charge on any atom is 0.265 e. The number of sulfonamides is 1. The molecule has 3 rings (SSSR count). The first-order valence-corrected chi connectivity index (χ1v) is 11.4. The van der Waals surface area contributed by atoms with E-state index in [1.54, 1.807) is 19.1 Å².